The number of carbonyl (C=O) groups excluding carboxylic acids is 3. The van der Waals surface area contributed by atoms with Crippen molar-refractivity contribution in [3.8, 4) is 11.3 Å². The molecule has 0 radical (unpaired) electrons. The number of ketones is 1. The molecule has 194 valence electrons. The second-order valence-electron chi connectivity index (χ2n) is 10.1. The predicted molar refractivity (Wildman–Crippen MR) is 148 cm³/mol. The van der Waals surface area contributed by atoms with E-state index in [4.69, 9.17) is 4.74 Å². The molecule has 0 fully saturated rings. The number of ether oxygens (including phenoxy) is 1. The molecule has 0 saturated carbocycles. The quantitative estimate of drug-likeness (QED) is 0.231. The van der Waals surface area contributed by atoms with E-state index in [1.54, 1.807) is 36.4 Å². The van der Waals surface area contributed by atoms with Gasteiger partial charge in [-0.1, -0.05) is 72.8 Å². The molecule has 6 nitrogen and oxygen atoms in total. The number of hydrogen-bond acceptors (Lipinski definition) is 4. The van der Waals surface area contributed by atoms with Crippen molar-refractivity contribution < 1.29 is 19.1 Å². The topological polar surface area (TPSA) is 77.4 Å². The lowest BCUT2D eigenvalue weighted by atomic mass is 10.0. The average molecular weight is 509 g/mol. The second-order valence-corrected chi connectivity index (χ2v) is 10.1. The lowest BCUT2D eigenvalue weighted by Gasteiger charge is -2.19. The first-order chi connectivity index (χ1) is 18.1. The van der Waals surface area contributed by atoms with Crippen LogP contribution in [-0.2, 0) is 11.3 Å². The van der Waals surface area contributed by atoms with Gasteiger partial charge in [0.1, 0.15) is 5.60 Å². The smallest absolute Gasteiger partial charge is 0.340 e. The van der Waals surface area contributed by atoms with Crippen molar-refractivity contribution in [1.29, 1.82) is 0 Å². The number of aromatic nitrogens is 1. The van der Waals surface area contributed by atoms with Gasteiger partial charge in [-0.15, -0.1) is 0 Å². The van der Waals surface area contributed by atoms with Gasteiger partial charge in [0, 0.05) is 41.2 Å². The molecule has 4 rings (SSSR count). The zero-order valence-electron chi connectivity index (χ0n) is 22.2. The molecule has 3 aromatic carbocycles. The molecular formula is C32H32N2O4. The van der Waals surface area contributed by atoms with Gasteiger partial charge >= 0.3 is 5.97 Å². The molecule has 0 aliphatic heterocycles. The summed E-state index contributed by atoms with van der Waals surface area (Å²) in [4.78, 5) is 38.7. The lowest BCUT2D eigenvalue weighted by molar-refractivity contribution is 0.00684. The van der Waals surface area contributed by atoms with Crippen molar-refractivity contribution >= 4 is 17.7 Å². The molecule has 0 saturated heterocycles. The number of benzene rings is 3. The molecule has 1 amide bonds. The minimum atomic E-state index is -0.608. The summed E-state index contributed by atoms with van der Waals surface area (Å²) in [6, 6.07) is 27.3. The molecule has 0 aliphatic rings. The van der Waals surface area contributed by atoms with Crippen LogP contribution in [0, 0.1) is 6.92 Å². The molecule has 38 heavy (non-hydrogen) atoms. The molecule has 4 aromatic rings. The van der Waals surface area contributed by atoms with Crippen LogP contribution in [-0.4, -0.2) is 34.4 Å². The summed E-state index contributed by atoms with van der Waals surface area (Å²) < 4.78 is 7.64. The van der Waals surface area contributed by atoms with Gasteiger partial charge in [0.2, 0.25) is 0 Å². The Bertz CT molecular complexity index is 1450. The summed E-state index contributed by atoms with van der Waals surface area (Å²) in [5, 5.41) is 2.95. The Morgan fingerprint density at radius 2 is 1.39 bits per heavy atom. The molecule has 1 N–H and O–H groups in total. The minimum Gasteiger partial charge on any atom is -0.456 e. The molecule has 0 atom stereocenters. The molecule has 6 heteroatoms. The second kappa shape index (κ2) is 11.3. The first-order valence-corrected chi connectivity index (χ1v) is 12.6. The van der Waals surface area contributed by atoms with Gasteiger partial charge in [-0.2, -0.15) is 0 Å². The van der Waals surface area contributed by atoms with E-state index >= 15 is 0 Å². The maximum absolute atomic E-state index is 13.0. The van der Waals surface area contributed by atoms with Crippen molar-refractivity contribution in [3.63, 3.8) is 0 Å². The van der Waals surface area contributed by atoms with Gasteiger partial charge in [0.05, 0.1) is 5.56 Å². The van der Waals surface area contributed by atoms with Gasteiger partial charge in [-0.25, -0.2) is 4.79 Å². The Morgan fingerprint density at radius 3 is 2.05 bits per heavy atom. The number of carbonyl (C=O) groups is 3. The maximum Gasteiger partial charge on any atom is 0.340 e. The Morgan fingerprint density at radius 1 is 0.789 bits per heavy atom. The van der Waals surface area contributed by atoms with Crippen LogP contribution in [0.15, 0.2) is 91.0 Å². The first-order valence-electron chi connectivity index (χ1n) is 12.6. The van der Waals surface area contributed by atoms with E-state index in [0.29, 0.717) is 35.3 Å². The number of rotatable bonds is 8. The first kappa shape index (κ1) is 26.6. The number of nitrogens with zero attached hydrogens (tertiary/aromatic N) is 1. The standard InChI is InChI=1S/C32H32N2O4/c1-22-27(31(37)38-32(2,3)4)21-28(23-12-7-5-8-13-23)34(22)19-18-33-30(36)26-17-11-16-25(20-26)29(35)24-14-9-6-10-15-24/h5-17,20-21H,18-19H2,1-4H3,(H,33,36). The SMILES string of the molecule is Cc1c(C(=O)OC(C)(C)C)cc(-c2ccccc2)n1CCNC(=O)c1cccc(C(=O)c2ccccc2)c1. The summed E-state index contributed by atoms with van der Waals surface area (Å²) in [5.74, 6) is -0.786. The fraction of sp³-hybridized carbons (Fsp3) is 0.219. The monoisotopic (exact) mass is 508 g/mol. The van der Waals surface area contributed by atoms with Crippen LogP contribution in [0.3, 0.4) is 0 Å². The van der Waals surface area contributed by atoms with E-state index in [0.717, 1.165) is 17.0 Å². The normalized spacial score (nSPS) is 11.2. The van der Waals surface area contributed by atoms with Crippen LogP contribution >= 0.6 is 0 Å². The maximum atomic E-state index is 13.0. The minimum absolute atomic E-state index is 0.134. The van der Waals surface area contributed by atoms with Gasteiger partial charge < -0.3 is 14.6 Å². The van der Waals surface area contributed by atoms with Gasteiger partial charge in [-0.05, 0) is 51.5 Å². The Labute approximate surface area is 223 Å². The van der Waals surface area contributed by atoms with Crippen molar-refractivity contribution in [1.82, 2.24) is 9.88 Å². The Balaban J connectivity index is 1.51. The summed E-state index contributed by atoms with van der Waals surface area (Å²) in [7, 11) is 0. The van der Waals surface area contributed by atoms with E-state index in [1.165, 1.54) is 0 Å². The zero-order valence-corrected chi connectivity index (χ0v) is 22.2. The van der Waals surface area contributed by atoms with Crippen LogP contribution < -0.4 is 5.32 Å². The summed E-state index contributed by atoms with van der Waals surface area (Å²) in [6.07, 6.45) is 0. The van der Waals surface area contributed by atoms with Gasteiger partial charge in [-0.3, -0.25) is 9.59 Å². The van der Waals surface area contributed by atoms with Crippen LogP contribution in [0.4, 0.5) is 0 Å². The number of amides is 1. The van der Waals surface area contributed by atoms with E-state index in [1.807, 2.05) is 86.9 Å². The molecule has 1 heterocycles. The number of esters is 1. The highest BCUT2D eigenvalue weighted by Crippen LogP contribution is 2.27. The number of hydrogen-bond donors (Lipinski definition) is 1. The zero-order chi connectivity index (χ0) is 27.3. The lowest BCUT2D eigenvalue weighted by Crippen LogP contribution is -2.28. The molecular weight excluding hydrogens is 476 g/mol. The fourth-order valence-corrected chi connectivity index (χ4v) is 4.26. The number of nitrogens with one attached hydrogen (secondary N) is 1. The molecule has 0 spiro atoms. The third kappa shape index (κ3) is 6.27. The Kier molecular flexibility index (Phi) is 7.91. The largest absolute Gasteiger partial charge is 0.456 e. The van der Waals surface area contributed by atoms with Crippen LogP contribution in [0.25, 0.3) is 11.3 Å². The van der Waals surface area contributed by atoms with E-state index in [9.17, 15) is 14.4 Å². The average Bonchev–Trinajstić information content (AvgIpc) is 3.24. The van der Waals surface area contributed by atoms with Gasteiger partial charge in [0.15, 0.2) is 5.78 Å². The Hall–Kier alpha value is -4.45. The van der Waals surface area contributed by atoms with E-state index in [-0.39, 0.29) is 17.7 Å². The van der Waals surface area contributed by atoms with Crippen molar-refractivity contribution in [3.05, 3.63) is 119 Å². The molecule has 1 aromatic heterocycles. The summed E-state index contributed by atoms with van der Waals surface area (Å²) >= 11 is 0. The van der Waals surface area contributed by atoms with Gasteiger partial charge in [0.25, 0.3) is 5.91 Å². The highest BCUT2D eigenvalue weighted by atomic mass is 16.6. The van der Waals surface area contributed by atoms with Crippen LogP contribution in [0.5, 0.6) is 0 Å². The molecule has 0 bridgehead atoms. The molecule has 0 unspecified atom stereocenters. The third-order valence-electron chi connectivity index (χ3n) is 6.10. The van der Waals surface area contributed by atoms with Crippen molar-refractivity contribution in [2.45, 2.75) is 39.8 Å². The summed E-state index contributed by atoms with van der Waals surface area (Å²) in [6.45, 7) is 8.19. The van der Waals surface area contributed by atoms with Crippen molar-refractivity contribution in [2.75, 3.05) is 6.54 Å². The predicted octanol–water partition coefficient (Wildman–Crippen LogP) is 6.08. The molecule has 0 aliphatic carbocycles. The highest BCUT2D eigenvalue weighted by Gasteiger charge is 2.24. The summed E-state index contributed by atoms with van der Waals surface area (Å²) in [5.41, 5.74) is 3.93. The highest BCUT2D eigenvalue weighted by molar-refractivity contribution is 6.10. The van der Waals surface area contributed by atoms with Crippen LogP contribution in [0.1, 0.15) is 63.1 Å². The van der Waals surface area contributed by atoms with Crippen molar-refractivity contribution in [2.24, 2.45) is 0 Å². The van der Waals surface area contributed by atoms with E-state index < -0.39 is 5.60 Å². The fourth-order valence-electron chi connectivity index (χ4n) is 4.26. The third-order valence-corrected chi connectivity index (χ3v) is 6.10. The van der Waals surface area contributed by atoms with Crippen LogP contribution in [0.2, 0.25) is 0 Å². The van der Waals surface area contributed by atoms with E-state index in [2.05, 4.69) is 5.32 Å².